The van der Waals surface area contributed by atoms with Gasteiger partial charge < -0.3 is 8.83 Å². The third-order valence-electron chi connectivity index (χ3n) is 2.70. The van der Waals surface area contributed by atoms with Crippen molar-refractivity contribution >= 4 is 11.0 Å². The van der Waals surface area contributed by atoms with Gasteiger partial charge in [0, 0.05) is 12.0 Å². The van der Waals surface area contributed by atoms with Gasteiger partial charge in [-0.25, -0.2) is 0 Å². The van der Waals surface area contributed by atoms with Crippen LogP contribution >= 0.6 is 0 Å². The lowest BCUT2D eigenvalue weighted by Crippen LogP contribution is -2.08. The predicted molar refractivity (Wildman–Crippen MR) is 64.0 cm³/mol. The summed E-state index contributed by atoms with van der Waals surface area (Å²) in [6.45, 7) is 0. The fraction of sp³-hybridized carbons (Fsp3) is 0.0714. The Hall–Kier alpha value is -2.29. The lowest BCUT2D eigenvalue weighted by Gasteiger charge is -2.00. The highest BCUT2D eigenvalue weighted by atomic mass is 16.3. The summed E-state index contributed by atoms with van der Waals surface area (Å²) in [5, 5.41) is 0.608. The SMILES string of the molecule is O=c1c(Cc2ccco2)coc2ccccc12. The second-order valence-electron chi connectivity index (χ2n) is 3.84. The highest BCUT2D eigenvalue weighted by Crippen LogP contribution is 2.13. The molecule has 0 saturated carbocycles. The quantitative estimate of drug-likeness (QED) is 0.674. The molecule has 0 aliphatic heterocycles. The maximum atomic E-state index is 12.2. The van der Waals surface area contributed by atoms with Gasteiger partial charge in [0.05, 0.1) is 17.9 Å². The summed E-state index contributed by atoms with van der Waals surface area (Å²) in [5.74, 6) is 0.757. The van der Waals surface area contributed by atoms with Gasteiger partial charge in [-0.05, 0) is 24.3 Å². The second kappa shape index (κ2) is 3.94. The monoisotopic (exact) mass is 226 g/mol. The van der Waals surface area contributed by atoms with E-state index in [0.717, 1.165) is 5.76 Å². The van der Waals surface area contributed by atoms with Crippen LogP contribution in [-0.2, 0) is 6.42 Å². The van der Waals surface area contributed by atoms with Gasteiger partial charge in [-0.2, -0.15) is 0 Å². The molecule has 0 radical (unpaired) electrons. The molecule has 0 saturated heterocycles. The van der Waals surface area contributed by atoms with Crippen molar-refractivity contribution in [2.75, 3.05) is 0 Å². The van der Waals surface area contributed by atoms with Crippen LogP contribution in [0.2, 0.25) is 0 Å². The van der Waals surface area contributed by atoms with Crippen LogP contribution in [0, 0.1) is 0 Å². The van der Waals surface area contributed by atoms with Crippen LogP contribution in [0.15, 0.2) is 62.6 Å². The Kier molecular flexibility index (Phi) is 2.29. The topological polar surface area (TPSA) is 43.4 Å². The van der Waals surface area contributed by atoms with E-state index in [1.165, 1.54) is 6.26 Å². The van der Waals surface area contributed by atoms with Gasteiger partial charge in [0.1, 0.15) is 11.3 Å². The standard InChI is InChI=1S/C14H10O3/c15-14-10(8-11-4-3-7-16-11)9-17-13-6-2-1-5-12(13)14/h1-7,9H,8H2. The zero-order chi connectivity index (χ0) is 11.7. The number of hydrogen-bond acceptors (Lipinski definition) is 3. The van der Waals surface area contributed by atoms with Crippen LogP contribution < -0.4 is 5.43 Å². The van der Waals surface area contributed by atoms with E-state index in [0.29, 0.717) is 23.0 Å². The first kappa shape index (κ1) is 9.90. The smallest absolute Gasteiger partial charge is 0.196 e. The first-order valence-corrected chi connectivity index (χ1v) is 5.36. The van der Waals surface area contributed by atoms with Gasteiger partial charge in [-0.15, -0.1) is 0 Å². The van der Waals surface area contributed by atoms with Crippen molar-refractivity contribution in [3.8, 4) is 0 Å². The fourth-order valence-electron chi connectivity index (χ4n) is 1.84. The van der Waals surface area contributed by atoms with E-state index in [4.69, 9.17) is 8.83 Å². The fourth-order valence-corrected chi connectivity index (χ4v) is 1.84. The molecular weight excluding hydrogens is 216 g/mol. The molecule has 84 valence electrons. The van der Waals surface area contributed by atoms with E-state index in [9.17, 15) is 4.79 Å². The average Bonchev–Trinajstić information content (AvgIpc) is 2.86. The Labute approximate surface area is 97.3 Å². The number of para-hydroxylation sites is 1. The third-order valence-corrected chi connectivity index (χ3v) is 2.70. The van der Waals surface area contributed by atoms with Crippen LogP contribution in [0.1, 0.15) is 11.3 Å². The van der Waals surface area contributed by atoms with Gasteiger partial charge in [0.25, 0.3) is 0 Å². The Balaban J connectivity index is 2.12. The largest absolute Gasteiger partial charge is 0.469 e. The van der Waals surface area contributed by atoms with Crippen molar-refractivity contribution in [2.24, 2.45) is 0 Å². The van der Waals surface area contributed by atoms with Gasteiger partial charge in [-0.3, -0.25) is 4.79 Å². The zero-order valence-electron chi connectivity index (χ0n) is 9.05. The highest BCUT2D eigenvalue weighted by Gasteiger charge is 2.08. The van der Waals surface area contributed by atoms with Crippen LogP contribution in [0.3, 0.4) is 0 Å². The Bertz CT molecular complexity index is 693. The van der Waals surface area contributed by atoms with E-state index in [-0.39, 0.29) is 5.43 Å². The number of benzene rings is 1. The lowest BCUT2D eigenvalue weighted by molar-refractivity contribution is 0.516. The minimum absolute atomic E-state index is 0.00301. The van der Waals surface area contributed by atoms with Crippen LogP contribution in [0.4, 0.5) is 0 Å². The van der Waals surface area contributed by atoms with Crippen LogP contribution in [-0.4, -0.2) is 0 Å². The Morgan fingerprint density at radius 2 is 1.88 bits per heavy atom. The van der Waals surface area contributed by atoms with Gasteiger partial charge in [0.15, 0.2) is 5.43 Å². The molecule has 0 spiro atoms. The molecule has 0 amide bonds. The second-order valence-corrected chi connectivity index (χ2v) is 3.84. The maximum absolute atomic E-state index is 12.2. The van der Waals surface area contributed by atoms with Gasteiger partial charge in [0.2, 0.25) is 0 Å². The first-order valence-electron chi connectivity index (χ1n) is 5.36. The number of rotatable bonds is 2. The molecule has 3 rings (SSSR count). The van der Waals surface area contributed by atoms with E-state index >= 15 is 0 Å². The minimum atomic E-state index is 0.00301. The lowest BCUT2D eigenvalue weighted by atomic mass is 10.1. The number of furan rings is 1. The molecule has 1 aromatic carbocycles. The van der Waals surface area contributed by atoms with Crippen molar-refractivity contribution < 1.29 is 8.83 Å². The molecule has 2 aromatic heterocycles. The summed E-state index contributed by atoms with van der Waals surface area (Å²) in [5.41, 5.74) is 1.22. The molecule has 3 heteroatoms. The van der Waals surface area contributed by atoms with Crippen molar-refractivity contribution in [1.29, 1.82) is 0 Å². The minimum Gasteiger partial charge on any atom is -0.469 e. The van der Waals surface area contributed by atoms with Crippen molar-refractivity contribution in [2.45, 2.75) is 6.42 Å². The predicted octanol–water partition coefficient (Wildman–Crippen LogP) is 2.98. The van der Waals surface area contributed by atoms with Crippen molar-refractivity contribution in [3.05, 3.63) is 70.5 Å². The molecule has 0 fully saturated rings. The molecule has 17 heavy (non-hydrogen) atoms. The number of hydrogen-bond donors (Lipinski definition) is 0. The maximum Gasteiger partial charge on any atom is 0.196 e. The normalized spacial score (nSPS) is 10.8. The van der Waals surface area contributed by atoms with E-state index in [1.54, 1.807) is 24.5 Å². The third kappa shape index (κ3) is 1.76. The summed E-state index contributed by atoms with van der Waals surface area (Å²) in [7, 11) is 0. The average molecular weight is 226 g/mol. The molecule has 0 aliphatic carbocycles. The molecule has 3 aromatic rings. The highest BCUT2D eigenvalue weighted by molar-refractivity contribution is 5.76. The molecule has 0 bridgehead atoms. The molecule has 2 heterocycles. The molecule has 0 unspecified atom stereocenters. The van der Waals surface area contributed by atoms with Gasteiger partial charge >= 0.3 is 0 Å². The number of fused-ring (bicyclic) bond motifs is 1. The molecule has 0 aliphatic rings. The molecular formula is C14H10O3. The Morgan fingerprint density at radius 3 is 2.71 bits per heavy atom. The summed E-state index contributed by atoms with van der Waals surface area (Å²) in [6.07, 6.45) is 3.56. The van der Waals surface area contributed by atoms with Crippen LogP contribution in [0.25, 0.3) is 11.0 Å². The zero-order valence-corrected chi connectivity index (χ0v) is 9.05. The summed E-state index contributed by atoms with van der Waals surface area (Å²) in [6, 6.07) is 10.9. The summed E-state index contributed by atoms with van der Waals surface area (Å²) >= 11 is 0. The van der Waals surface area contributed by atoms with E-state index < -0.39 is 0 Å². The van der Waals surface area contributed by atoms with Gasteiger partial charge in [-0.1, -0.05) is 12.1 Å². The first-order chi connectivity index (χ1) is 8.34. The van der Waals surface area contributed by atoms with Crippen molar-refractivity contribution in [1.82, 2.24) is 0 Å². The van der Waals surface area contributed by atoms with E-state index in [1.807, 2.05) is 18.2 Å². The van der Waals surface area contributed by atoms with Crippen molar-refractivity contribution in [3.63, 3.8) is 0 Å². The molecule has 0 atom stereocenters. The van der Waals surface area contributed by atoms with E-state index in [2.05, 4.69) is 0 Å². The molecule has 0 N–H and O–H groups in total. The Morgan fingerprint density at radius 1 is 1.00 bits per heavy atom. The van der Waals surface area contributed by atoms with Crippen LogP contribution in [0.5, 0.6) is 0 Å². The summed E-state index contributed by atoms with van der Waals surface area (Å²) in [4.78, 5) is 12.2. The molecule has 3 nitrogen and oxygen atoms in total. The summed E-state index contributed by atoms with van der Waals surface area (Å²) < 4.78 is 10.7.